The fourth-order valence-corrected chi connectivity index (χ4v) is 4.50. The zero-order valence-corrected chi connectivity index (χ0v) is 18.3. The van der Waals surface area contributed by atoms with E-state index >= 15 is 0 Å². The molecule has 1 heterocycles. The van der Waals surface area contributed by atoms with Gasteiger partial charge in [-0.3, -0.25) is 14.1 Å². The number of pyridine rings is 1. The Bertz CT molecular complexity index is 1390. The Morgan fingerprint density at radius 1 is 0.969 bits per heavy atom. The minimum atomic E-state index is -3.84. The number of para-hydroxylation sites is 3. The molecule has 0 aliphatic heterocycles. The van der Waals surface area contributed by atoms with Crippen LogP contribution in [0, 0.1) is 0 Å². The maximum atomic E-state index is 13.1. The van der Waals surface area contributed by atoms with Crippen LogP contribution in [0.3, 0.4) is 0 Å². The molecule has 4 rings (SSSR count). The lowest BCUT2D eigenvalue weighted by molar-refractivity contribution is 0.102. The van der Waals surface area contributed by atoms with Crippen molar-refractivity contribution < 1.29 is 17.9 Å². The normalized spacial score (nSPS) is 11.2. The standard InChI is InChI=1S/C24H21N3O4S/c1-27(22-9-5-6-10-23(22)31-2)32(29,30)20-13-11-17(12-14-20)24(28)26-19-15-18-7-3-4-8-21(18)25-16-19/h3-16H,1-2H3,(H,26,28). The van der Waals surface area contributed by atoms with Crippen LogP contribution >= 0.6 is 0 Å². The minimum absolute atomic E-state index is 0.0647. The number of hydrogen-bond acceptors (Lipinski definition) is 5. The molecule has 0 spiro atoms. The first-order valence-corrected chi connectivity index (χ1v) is 11.2. The van der Waals surface area contributed by atoms with E-state index in [1.165, 1.54) is 38.4 Å². The Morgan fingerprint density at radius 3 is 2.41 bits per heavy atom. The summed E-state index contributed by atoms with van der Waals surface area (Å²) in [5.74, 6) is 0.0858. The number of carbonyl (C=O) groups is 1. The van der Waals surface area contributed by atoms with E-state index in [0.717, 1.165) is 15.2 Å². The predicted octanol–water partition coefficient (Wildman–Crippen LogP) is 4.32. The second-order valence-corrected chi connectivity index (χ2v) is 9.01. The Labute approximate surface area is 186 Å². The molecule has 3 aromatic carbocycles. The zero-order chi connectivity index (χ0) is 22.7. The monoisotopic (exact) mass is 447 g/mol. The van der Waals surface area contributed by atoms with E-state index < -0.39 is 10.0 Å². The third-order valence-corrected chi connectivity index (χ3v) is 6.83. The number of aromatic nitrogens is 1. The second kappa shape index (κ2) is 8.68. The van der Waals surface area contributed by atoms with E-state index in [-0.39, 0.29) is 10.8 Å². The van der Waals surface area contributed by atoms with Crippen LogP contribution in [0.2, 0.25) is 0 Å². The average molecular weight is 448 g/mol. The number of benzene rings is 3. The summed E-state index contributed by atoms with van der Waals surface area (Å²) in [4.78, 5) is 17.0. The molecule has 1 N–H and O–H groups in total. The van der Waals surface area contributed by atoms with E-state index in [0.29, 0.717) is 22.7 Å². The molecule has 0 atom stereocenters. The summed E-state index contributed by atoms with van der Waals surface area (Å²) in [6, 6.07) is 22.1. The van der Waals surface area contributed by atoms with Crippen LogP contribution in [0.1, 0.15) is 10.4 Å². The molecule has 0 aliphatic carbocycles. The summed E-state index contributed by atoms with van der Waals surface area (Å²) in [7, 11) is -0.896. The number of amides is 1. The van der Waals surface area contributed by atoms with Crippen molar-refractivity contribution in [3.05, 3.63) is 90.6 Å². The van der Waals surface area contributed by atoms with E-state index in [2.05, 4.69) is 10.3 Å². The van der Waals surface area contributed by atoms with Crippen molar-refractivity contribution in [2.24, 2.45) is 0 Å². The number of rotatable bonds is 6. The topological polar surface area (TPSA) is 88.6 Å². The molecule has 0 aliphatic rings. The molecule has 1 aromatic heterocycles. The lowest BCUT2D eigenvalue weighted by Gasteiger charge is -2.21. The van der Waals surface area contributed by atoms with Gasteiger partial charge in [-0.25, -0.2) is 8.42 Å². The number of ether oxygens (including phenoxy) is 1. The first-order valence-electron chi connectivity index (χ1n) is 9.78. The summed E-state index contributed by atoms with van der Waals surface area (Å²) < 4.78 is 32.5. The fraction of sp³-hybridized carbons (Fsp3) is 0.0833. The Balaban J connectivity index is 1.54. The minimum Gasteiger partial charge on any atom is -0.495 e. The molecule has 0 saturated carbocycles. The highest BCUT2D eigenvalue weighted by atomic mass is 32.2. The molecule has 0 radical (unpaired) electrons. The number of sulfonamides is 1. The number of fused-ring (bicyclic) bond motifs is 1. The van der Waals surface area contributed by atoms with Gasteiger partial charge in [0.1, 0.15) is 5.75 Å². The zero-order valence-electron chi connectivity index (χ0n) is 17.5. The summed E-state index contributed by atoms with van der Waals surface area (Å²) in [6.45, 7) is 0. The number of nitrogens with one attached hydrogen (secondary N) is 1. The highest BCUT2D eigenvalue weighted by Gasteiger charge is 2.24. The number of hydrogen-bond donors (Lipinski definition) is 1. The van der Waals surface area contributed by atoms with Gasteiger partial charge in [-0.15, -0.1) is 0 Å². The van der Waals surface area contributed by atoms with Gasteiger partial charge in [0.15, 0.2) is 0 Å². The fourth-order valence-electron chi connectivity index (χ4n) is 3.30. The van der Waals surface area contributed by atoms with Gasteiger partial charge < -0.3 is 10.1 Å². The van der Waals surface area contributed by atoms with Crippen molar-refractivity contribution in [3.63, 3.8) is 0 Å². The number of carbonyl (C=O) groups excluding carboxylic acids is 1. The van der Waals surface area contributed by atoms with Gasteiger partial charge in [0.2, 0.25) is 0 Å². The van der Waals surface area contributed by atoms with Crippen LogP contribution in [0.15, 0.2) is 90.0 Å². The van der Waals surface area contributed by atoms with Crippen LogP contribution in [0.5, 0.6) is 5.75 Å². The van der Waals surface area contributed by atoms with Gasteiger partial charge in [-0.1, -0.05) is 30.3 Å². The van der Waals surface area contributed by atoms with Crippen LogP contribution < -0.4 is 14.4 Å². The van der Waals surface area contributed by atoms with E-state index in [4.69, 9.17) is 4.74 Å². The first kappa shape index (κ1) is 21.3. The third kappa shape index (κ3) is 4.13. The molecule has 0 unspecified atom stereocenters. The van der Waals surface area contributed by atoms with Crippen LogP contribution in [-0.4, -0.2) is 33.5 Å². The molecular formula is C24H21N3O4S. The molecule has 0 fully saturated rings. The van der Waals surface area contributed by atoms with Gasteiger partial charge in [-0.05, 0) is 48.5 Å². The molecule has 7 nitrogen and oxygen atoms in total. The highest BCUT2D eigenvalue weighted by Crippen LogP contribution is 2.31. The third-order valence-electron chi connectivity index (χ3n) is 5.05. The molecule has 8 heteroatoms. The number of anilines is 2. The van der Waals surface area contributed by atoms with Gasteiger partial charge in [-0.2, -0.15) is 0 Å². The second-order valence-electron chi connectivity index (χ2n) is 7.04. The van der Waals surface area contributed by atoms with Crippen LogP contribution in [0.25, 0.3) is 10.9 Å². The van der Waals surface area contributed by atoms with Gasteiger partial charge in [0.05, 0.1) is 35.1 Å². The summed E-state index contributed by atoms with van der Waals surface area (Å²) >= 11 is 0. The maximum absolute atomic E-state index is 13.1. The van der Waals surface area contributed by atoms with E-state index in [1.54, 1.807) is 30.5 Å². The molecule has 162 valence electrons. The van der Waals surface area contributed by atoms with E-state index in [1.807, 2.05) is 30.3 Å². The first-order chi connectivity index (χ1) is 15.4. The summed E-state index contributed by atoms with van der Waals surface area (Å²) in [6.07, 6.45) is 1.58. The molecule has 1 amide bonds. The Kier molecular flexibility index (Phi) is 5.79. The molecule has 32 heavy (non-hydrogen) atoms. The number of nitrogens with zero attached hydrogens (tertiary/aromatic N) is 2. The van der Waals surface area contributed by atoms with Crippen molar-refractivity contribution >= 4 is 38.2 Å². The Morgan fingerprint density at radius 2 is 1.66 bits per heavy atom. The smallest absolute Gasteiger partial charge is 0.264 e. The van der Waals surface area contributed by atoms with Crippen molar-refractivity contribution in [1.82, 2.24) is 4.98 Å². The quantitative estimate of drug-likeness (QED) is 0.476. The van der Waals surface area contributed by atoms with Crippen molar-refractivity contribution in [1.29, 1.82) is 0 Å². The Hall–Kier alpha value is -3.91. The molecule has 0 bridgehead atoms. The predicted molar refractivity (Wildman–Crippen MR) is 125 cm³/mol. The molecule has 0 saturated heterocycles. The maximum Gasteiger partial charge on any atom is 0.264 e. The van der Waals surface area contributed by atoms with E-state index in [9.17, 15) is 13.2 Å². The van der Waals surface area contributed by atoms with Crippen molar-refractivity contribution in [3.8, 4) is 5.75 Å². The largest absolute Gasteiger partial charge is 0.495 e. The lowest BCUT2D eigenvalue weighted by atomic mass is 10.2. The summed E-state index contributed by atoms with van der Waals surface area (Å²) in [5.41, 5.74) is 2.14. The highest BCUT2D eigenvalue weighted by molar-refractivity contribution is 7.92. The average Bonchev–Trinajstić information content (AvgIpc) is 2.83. The van der Waals surface area contributed by atoms with Crippen molar-refractivity contribution in [2.45, 2.75) is 4.90 Å². The van der Waals surface area contributed by atoms with Gasteiger partial charge in [0, 0.05) is 18.0 Å². The van der Waals surface area contributed by atoms with Gasteiger partial charge in [0.25, 0.3) is 15.9 Å². The SMILES string of the molecule is COc1ccccc1N(C)S(=O)(=O)c1ccc(C(=O)Nc2cnc3ccccc3c2)cc1. The van der Waals surface area contributed by atoms with Gasteiger partial charge >= 0.3 is 0 Å². The molecule has 4 aromatic rings. The summed E-state index contributed by atoms with van der Waals surface area (Å²) in [5, 5.41) is 3.70. The van der Waals surface area contributed by atoms with Crippen LogP contribution in [0.4, 0.5) is 11.4 Å². The number of methoxy groups -OCH3 is 1. The van der Waals surface area contributed by atoms with Crippen LogP contribution in [-0.2, 0) is 10.0 Å². The van der Waals surface area contributed by atoms with Crippen molar-refractivity contribution in [2.75, 3.05) is 23.8 Å². The lowest BCUT2D eigenvalue weighted by Crippen LogP contribution is -2.27. The molecular weight excluding hydrogens is 426 g/mol.